The summed E-state index contributed by atoms with van der Waals surface area (Å²) in [6.45, 7) is 3.53. The molecule has 27 heavy (non-hydrogen) atoms. The van der Waals surface area contributed by atoms with Crippen molar-refractivity contribution in [3.05, 3.63) is 42.1 Å². The van der Waals surface area contributed by atoms with Crippen LogP contribution in [0.4, 0.5) is 0 Å². The molecular weight excluding hydrogens is 365 g/mol. The average Bonchev–Trinajstić information content (AvgIpc) is 2.59. The lowest BCUT2D eigenvalue weighted by molar-refractivity contribution is -0.118. The number of hydrogen-bond donors (Lipinski definition) is 1. The van der Waals surface area contributed by atoms with Crippen LogP contribution < -0.4 is 0 Å². The lowest BCUT2D eigenvalue weighted by Crippen LogP contribution is -2.04. The van der Waals surface area contributed by atoms with E-state index in [1.807, 2.05) is 30.3 Å². The molecule has 0 aliphatic rings. The Balaban J connectivity index is 1.60. The first-order chi connectivity index (χ1) is 12.9. The SMILES string of the molecule is CC(C)OP(=O)(O)OCCCCCCC(=O)Cc1cnc2ccccc2c1. The fraction of sp³-hybridized carbons (Fsp3) is 0.500. The standard InChI is InChI=1S/C20H28NO5P/c1-16(2)26-27(23,24)25-12-8-4-3-5-10-19(22)14-17-13-18-9-6-7-11-20(18)21-15-17/h6-7,9,11,13,15-16H,3-5,8,10,12,14H2,1-2H3,(H,23,24). The summed E-state index contributed by atoms with van der Waals surface area (Å²) in [5.41, 5.74) is 1.87. The highest BCUT2D eigenvalue weighted by Crippen LogP contribution is 2.44. The van der Waals surface area contributed by atoms with E-state index in [4.69, 9.17) is 9.05 Å². The molecule has 0 aliphatic heterocycles. The lowest BCUT2D eigenvalue weighted by atomic mass is 10.0. The van der Waals surface area contributed by atoms with Crippen molar-refractivity contribution in [3.63, 3.8) is 0 Å². The average molecular weight is 393 g/mol. The number of Topliss-reactive ketones (excluding diaryl/α,β-unsaturated/α-hetero) is 1. The normalized spacial score (nSPS) is 13.8. The number of nitrogens with zero attached hydrogens (tertiary/aromatic N) is 1. The molecule has 2 aromatic rings. The summed E-state index contributed by atoms with van der Waals surface area (Å²) in [5, 5.41) is 1.05. The van der Waals surface area contributed by atoms with Crippen LogP contribution in [0.5, 0.6) is 0 Å². The summed E-state index contributed by atoms with van der Waals surface area (Å²) in [5.74, 6) is 0.202. The van der Waals surface area contributed by atoms with Crippen molar-refractivity contribution in [1.29, 1.82) is 0 Å². The van der Waals surface area contributed by atoms with Crippen LogP contribution in [0.3, 0.4) is 0 Å². The van der Waals surface area contributed by atoms with E-state index in [0.29, 0.717) is 19.3 Å². The summed E-state index contributed by atoms with van der Waals surface area (Å²) >= 11 is 0. The van der Waals surface area contributed by atoms with Crippen LogP contribution in [0.25, 0.3) is 10.9 Å². The Morgan fingerprint density at radius 3 is 2.70 bits per heavy atom. The van der Waals surface area contributed by atoms with Gasteiger partial charge in [-0.15, -0.1) is 0 Å². The third-order valence-corrected chi connectivity index (χ3v) is 5.19. The molecule has 0 aliphatic carbocycles. The topological polar surface area (TPSA) is 85.7 Å². The molecule has 1 atom stereocenters. The molecule has 2 rings (SSSR count). The molecule has 1 N–H and O–H groups in total. The van der Waals surface area contributed by atoms with Crippen molar-refractivity contribution in [1.82, 2.24) is 4.98 Å². The second-order valence-corrected chi connectivity index (χ2v) is 8.28. The zero-order valence-electron chi connectivity index (χ0n) is 16.0. The molecule has 1 aromatic heterocycles. The molecule has 148 valence electrons. The minimum absolute atomic E-state index is 0.178. The highest BCUT2D eigenvalue weighted by molar-refractivity contribution is 7.47. The van der Waals surface area contributed by atoms with Gasteiger partial charge in [-0.05, 0) is 44.4 Å². The number of carbonyl (C=O) groups is 1. The number of benzene rings is 1. The Labute approximate surface area is 160 Å². The maximum atomic E-state index is 12.1. The number of aromatic nitrogens is 1. The van der Waals surface area contributed by atoms with Gasteiger partial charge < -0.3 is 4.89 Å². The fourth-order valence-electron chi connectivity index (χ4n) is 2.78. The lowest BCUT2D eigenvalue weighted by Gasteiger charge is -2.14. The van der Waals surface area contributed by atoms with Crippen LogP contribution in [-0.2, 0) is 24.8 Å². The van der Waals surface area contributed by atoms with Crippen molar-refractivity contribution in [2.24, 2.45) is 0 Å². The van der Waals surface area contributed by atoms with Crippen molar-refractivity contribution in [2.45, 2.75) is 58.5 Å². The number of phosphoric acid groups is 1. The molecule has 0 bridgehead atoms. The maximum absolute atomic E-state index is 12.1. The minimum atomic E-state index is -3.94. The first-order valence-electron chi connectivity index (χ1n) is 9.37. The Bertz CT molecular complexity index is 793. The monoisotopic (exact) mass is 393 g/mol. The van der Waals surface area contributed by atoms with Gasteiger partial charge >= 0.3 is 7.82 Å². The van der Waals surface area contributed by atoms with Gasteiger partial charge in [-0.2, -0.15) is 0 Å². The molecule has 0 spiro atoms. The van der Waals surface area contributed by atoms with Crippen molar-refractivity contribution < 1.29 is 23.3 Å². The van der Waals surface area contributed by atoms with Gasteiger partial charge in [-0.25, -0.2) is 4.57 Å². The number of fused-ring (bicyclic) bond motifs is 1. The first-order valence-corrected chi connectivity index (χ1v) is 10.9. The molecule has 0 saturated heterocycles. The minimum Gasteiger partial charge on any atom is -0.302 e. The van der Waals surface area contributed by atoms with Crippen LogP contribution >= 0.6 is 7.82 Å². The van der Waals surface area contributed by atoms with Gasteiger partial charge in [0, 0.05) is 24.4 Å². The second kappa shape index (κ2) is 10.7. The Kier molecular flexibility index (Phi) is 8.58. The largest absolute Gasteiger partial charge is 0.472 e. The summed E-state index contributed by atoms with van der Waals surface area (Å²) in [7, 11) is -3.94. The van der Waals surface area contributed by atoms with Gasteiger partial charge in [-0.1, -0.05) is 31.0 Å². The molecule has 0 fully saturated rings. The summed E-state index contributed by atoms with van der Waals surface area (Å²) in [4.78, 5) is 25.9. The van der Waals surface area contributed by atoms with E-state index < -0.39 is 7.82 Å². The number of phosphoric ester groups is 1. The van der Waals surface area contributed by atoms with Gasteiger partial charge in [0.25, 0.3) is 0 Å². The van der Waals surface area contributed by atoms with Gasteiger partial charge in [0.05, 0.1) is 18.2 Å². The molecule has 1 heterocycles. The molecule has 0 saturated carbocycles. The van der Waals surface area contributed by atoms with Gasteiger partial charge in [-0.3, -0.25) is 18.8 Å². The molecular formula is C20H28NO5P. The van der Waals surface area contributed by atoms with Crippen LogP contribution in [0, 0.1) is 0 Å². The number of unbranched alkanes of at least 4 members (excludes halogenated alkanes) is 3. The zero-order chi connectivity index (χ0) is 19.7. The Hall–Kier alpha value is -1.59. The van der Waals surface area contributed by atoms with Crippen LogP contribution in [0.2, 0.25) is 0 Å². The predicted octanol–water partition coefficient (Wildman–Crippen LogP) is 4.84. The molecule has 1 aromatic carbocycles. The summed E-state index contributed by atoms with van der Waals surface area (Å²) in [6.07, 6.45) is 5.53. The molecule has 0 amide bonds. The molecule has 6 nitrogen and oxygen atoms in total. The van der Waals surface area contributed by atoms with E-state index in [9.17, 15) is 14.3 Å². The van der Waals surface area contributed by atoms with Gasteiger partial charge in [0.1, 0.15) is 5.78 Å². The first kappa shape index (κ1) is 21.7. The number of hydrogen-bond acceptors (Lipinski definition) is 5. The van der Waals surface area contributed by atoms with Crippen LogP contribution in [0.15, 0.2) is 36.5 Å². The van der Waals surface area contributed by atoms with Crippen LogP contribution in [-0.4, -0.2) is 28.4 Å². The van der Waals surface area contributed by atoms with E-state index in [2.05, 4.69) is 4.98 Å². The van der Waals surface area contributed by atoms with Crippen molar-refractivity contribution in [3.8, 4) is 0 Å². The molecule has 0 radical (unpaired) electrons. The summed E-state index contributed by atoms with van der Waals surface area (Å²) < 4.78 is 21.2. The number of ketones is 1. The fourth-order valence-corrected chi connectivity index (χ4v) is 3.74. The van der Waals surface area contributed by atoms with Crippen molar-refractivity contribution >= 4 is 24.5 Å². The van der Waals surface area contributed by atoms with Crippen molar-refractivity contribution in [2.75, 3.05) is 6.61 Å². The Morgan fingerprint density at radius 2 is 1.93 bits per heavy atom. The smallest absolute Gasteiger partial charge is 0.302 e. The molecule has 1 unspecified atom stereocenters. The van der Waals surface area contributed by atoms with E-state index in [-0.39, 0.29) is 18.5 Å². The Morgan fingerprint density at radius 1 is 1.19 bits per heavy atom. The van der Waals surface area contributed by atoms with Gasteiger partial charge in [0.2, 0.25) is 0 Å². The zero-order valence-corrected chi connectivity index (χ0v) is 16.9. The van der Waals surface area contributed by atoms with Crippen LogP contribution in [0.1, 0.15) is 51.5 Å². The third kappa shape index (κ3) is 8.31. The second-order valence-electron chi connectivity index (χ2n) is 6.87. The third-order valence-electron chi connectivity index (χ3n) is 4.00. The number of pyridine rings is 1. The van der Waals surface area contributed by atoms with E-state index in [0.717, 1.165) is 35.7 Å². The van der Waals surface area contributed by atoms with E-state index in [1.54, 1.807) is 20.0 Å². The van der Waals surface area contributed by atoms with Gasteiger partial charge in [0.15, 0.2) is 0 Å². The van der Waals surface area contributed by atoms with E-state index >= 15 is 0 Å². The quantitative estimate of drug-likeness (QED) is 0.410. The maximum Gasteiger partial charge on any atom is 0.472 e. The molecule has 7 heteroatoms. The highest BCUT2D eigenvalue weighted by Gasteiger charge is 2.21. The predicted molar refractivity (Wildman–Crippen MR) is 106 cm³/mol. The number of rotatable bonds is 12. The number of carbonyl (C=O) groups excluding carboxylic acids is 1. The van der Waals surface area contributed by atoms with E-state index in [1.165, 1.54) is 0 Å². The number of para-hydroxylation sites is 1. The highest BCUT2D eigenvalue weighted by atomic mass is 31.2. The summed E-state index contributed by atoms with van der Waals surface area (Å²) in [6, 6.07) is 9.88.